The van der Waals surface area contributed by atoms with E-state index < -0.39 is 17.9 Å². The first kappa shape index (κ1) is 18.0. The molecule has 0 saturated carbocycles. The van der Waals surface area contributed by atoms with Crippen LogP contribution in [0, 0.1) is 5.92 Å². The van der Waals surface area contributed by atoms with E-state index in [-0.39, 0.29) is 44.1 Å². The van der Waals surface area contributed by atoms with E-state index in [0.29, 0.717) is 6.42 Å². The number of carbonyl (C=O) groups is 2. The standard InChI is InChI=1S/C6H10O4.2Li/c1-2-3-4(5(7)8)6(9)10;;/h4H,2-3H2,1H3,(H,7,8)(H,9,10);;/q;2*+1/p-2. The van der Waals surface area contributed by atoms with Gasteiger partial charge in [-0.15, -0.1) is 0 Å². The summed E-state index contributed by atoms with van der Waals surface area (Å²) in [6.07, 6.45) is 0.567. The van der Waals surface area contributed by atoms with Crippen molar-refractivity contribution in [2.75, 3.05) is 0 Å². The molecule has 4 nitrogen and oxygen atoms in total. The van der Waals surface area contributed by atoms with Gasteiger partial charge in [-0.2, -0.15) is 0 Å². The number of hydrogen-bond acceptors (Lipinski definition) is 4. The van der Waals surface area contributed by atoms with Crippen molar-refractivity contribution in [3.05, 3.63) is 0 Å². The Labute approximate surface area is 95.1 Å². The molecule has 0 rings (SSSR count). The summed E-state index contributed by atoms with van der Waals surface area (Å²) in [5.41, 5.74) is 0. The molecule has 0 aromatic heterocycles. The third-order valence-electron chi connectivity index (χ3n) is 1.15. The topological polar surface area (TPSA) is 80.3 Å². The molecule has 0 spiro atoms. The fraction of sp³-hybridized carbons (Fsp3) is 0.667. The van der Waals surface area contributed by atoms with Gasteiger partial charge in [0.15, 0.2) is 0 Å². The first-order valence-electron chi connectivity index (χ1n) is 3.01. The molecule has 0 radical (unpaired) electrons. The van der Waals surface area contributed by atoms with Gasteiger partial charge < -0.3 is 19.8 Å². The summed E-state index contributed by atoms with van der Waals surface area (Å²) in [7, 11) is 0. The molecule has 12 heavy (non-hydrogen) atoms. The van der Waals surface area contributed by atoms with Crippen LogP contribution in [-0.4, -0.2) is 11.9 Å². The molecule has 0 amide bonds. The summed E-state index contributed by atoms with van der Waals surface area (Å²) in [4.78, 5) is 20.0. The van der Waals surface area contributed by atoms with Crippen molar-refractivity contribution in [1.82, 2.24) is 0 Å². The van der Waals surface area contributed by atoms with Crippen LogP contribution in [0.5, 0.6) is 0 Å². The maximum atomic E-state index is 10.00. The monoisotopic (exact) mass is 158 g/mol. The van der Waals surface area contributed by atoms with Crippen molar-refractivity contribution in [1.29, 1.82) is 0 Å². The minimum atomic E-state index is -1.57. The van der Waals surface area contributed by atoms with Crippen molar-refractivity contribution in [3.63, 3.8) is 0 Å². The zero-order valence-electron chi connectivity index (χ0n) is 7.62. The Morgan fingerprint density at radius 2 is 1.50 bits per heavy atom. The third-order valence-corrected chi connectivity index (χ3v) is 1.15. The van der Waals surface area contributed by atoms with Gasteiger partial charge in [-0.05, 0) is 6.42 Å². The number of carbonyl (C=O) groups excluding carboxylic acids is 2. The Balaban J connectivity index is -0.000000405. The van der Waals surface area contributed by atoms with E-state index in [1.54, 1.807) is 6.92 Å². The van der Waals surface area contributed by atoms with Crippen LogP contribution < -0.4 is 47.9 Å². The smallest absolute Gasteiger partial charge is 0.549 e. The quantitative estimate of drug-likeness (QED) is 0.300. The van der Waals surface area contributed by atoms with E-state index in [0.717, 1.165) is 0 Å². The van der Waals surface area contributed by atoms with Crippen LogP contribution in [0.25, 0.3) is 0 Å². The summed E-state index contributed by atoms with van der Waals surface area (Å²) >= 11 is 0. The third kappa shape index (κ3) is 6.82. The molecule has 0 aromatic carbocycles. The Morgan fingerprint density at radius 1 is 1.17 bits per heavy atom. The Bertz CT molecular complexity index is 134. The average molecular weight is 158 g/mol. The van der Waals surface area contributed by atoms with Crippen LogP contribution in [0.2, 0.25) is 0 Å². The molecule has 0 fully saturated rings. The molecule has 0 aliphatic heterocycles. The van der Waals surface area contributed by atoms with Crippen LogP contribution >= 0.6 is 0 Å². The fourth-order valence-electron chi connectivity index (χ4n) is 0.621. The maximum Gasteiger partial charge on any atom is 1.00 e. The van der Waals surface area contributed by atoms with Gasteiger partial charge in [-0.3, -0.25) is 0 Å². The zero-order chi connectivity index (χ0) is 8.15. The number of hydrogen-bond donors (Lipinski definition) is 0. The number of aliphatic carboxylic acids is 2. The van der Waals surface area contributed by atoms with Crippen molar-refractivity contribution in [2.24, 2.45) is 5.92 Å². The SMILES string of the molecule is CCCC(C(=O)[O-])C(=O)[O-].[Li+].[Li+]. The van der Waals surface area contributed by atoms with E-state index in [1.165, 1.54) is 0 Å². The summed E-state index contributed by atoms with van der Waals surface area (Å²) < 4.78 is 0. The molecule has 0 heterocycles. The molecule has 0 aliphatic carbocycles. The van der Waals surface area contributed by atoms with Gasteiger partial charge in [0.2, 0.25) is 0 Å². The van der Waals surface area contributed by atoms with Crippen molar-refractivity contribution < 1.29 is 57.5 Å². The van der Waals surface area contributed by atoms with E-state index in [2.05, 4.69) is 0 Å². The molecule has 58 valence electrons. The second kappa shape index (κ2) is 9.22. The van der Waals surface area contributed by atoms with Gasteiger partial charge in [0.1, 0.15) is 0 Å². The van der Waals surface area contributed by atoms with Gasteiger partial charge in [0, 0.05) is 5.92 Å². The van der Waals surface area contributed by atoms with E-state index in [9.17, 15) is 19.8 Å². The van der Waals surface area contributed by atoms with Crippen LogP contribution in [0.4, 0.5) is 0 Å². The van der Waals surface area contributed by atoms with Gasteiger partial charge in [-0.25, -0.2) is 0 Å². The van der Waals surface area contributed by atoms with Gasteiger partial charge in [0.05, 0.1) is 11.9 Å². The second-order valence-electron chi connectivity index (χ2n) is 1.98. The molecule has 0 unspecified atom stereocenters. The Hall–Kier alpha value is 0.135. The van der Waals surface area contributed by atoms with Crippen LogP contribution in [-0.2, 0) is 9.59 Å². The van der Waals surface area contributed by atoms with Crippen molar-refractivity contribution in [2.45, 2.75) is 19.8 Å². The molecular formula is C6H8Li2O4. The van der Waals surface area contributed by atoms with E-state index in [1.807, 2.05) is 0 Å². The normalized spacial score (nSPS) is 8.17. The number of carboxylic acids is 2. The molecule has 0 N–H and O–H groups in total. The second-order valence-corrected chi connectivity index (χ2v) is 1.98. The average Bonchev–Trinajstić information content (AvgIpc) is 1.81. The first-order valence-corrected chi connectivity index (χ1v) is 3.01. The molecule has 0 aromatic rings. The molecule has 0 atom stereocenters. The number of rotatable bonds is 4. The summed E-state index contributed by atoms with van der Waals surface area (Å²) in [6.45, 7) is 1.69. The molecule has 0 saturated heterocycles. The summed E-state index contributed by atoms with van der Waals surface area (Å²) in [6, 6.07) is 0. The molecule has 0 bridgehead atoms. The van der Waals surface area contributed by atoms with Crippen LogP contribution in [0.3, 0.4) is 0 Å². The van der Waals surface area contributed by atoms with Gasteiger partial charge in [-0.1, -0.05) is 13.3 Å². The van der Waals surface area contributed by atoms with Gasteiger partial charge >= 0.3 is 37.7 Å². The summed E-state index contributed by atoms with van der Waals surface area (Å²) in [5.74, 6) is -4.59. The number of carboxylic acid groups (broad SMARTS) is 2. The van der Waals surface area contributed by atoms with E-state index >= 15 is 0 Å². The largest absolute Gasteiger partial charge is 1.00 e. The Kier molecular flexibility index (Phi) is 13.9. The van der Waals surface area contributed by atoms with Gasteiger partial charge in [0.25, 0.3) is 0 Å². The Morgan fingerprint density at radius 3 is 1.58 bits per heavy atom. The van der Waals surface area contributed by atoms with E-state index in [4.69, 9.17) is 0 Å². The molecular weight excluding hydrogens is 150 g/mol. The van der Waals surface area contributed by atoms with Crippen molar-refractivity contribution >= 4 is 11.9 Å². The predicted octanol–water partition coefficient (Wildman–Crippen LogP) is -8.09. The molecule has 0 aliphatic rings. The minimum Gasteiger partial charge on any atom is -0.549 e. The van der Waals surface area contributed by atoms with Crippen LogP contribution in [0.1, 0.15) is 19.8 Å². The van der Waals surface area contributed by atoms with Crippen LogP contribution in [0.15, 0.2) is 0 Å². The first-order chi connectivity index (χ1) is 4.59. The summed E-state index contributed by atoms with van der Waals surface area (Å²) in [5, 5.41) is 20.0. The zero-order valence-corrected chi connectivity index (χ0v) is 7.62. The fourth-order valence-corrected chi connectivity index (χ4v) is 0.621. The molecule has 6 heteroatoms. The van der Waals surface area contributed by atoms with Crippen molar-refractivity contribution in [3.8, 4) is 0 Å². The minimum absolute atomic E-state index is 0. The predicted molar refractivity (Wildman–Crippen MR) is 28.4 cm³/mol. The maximum absolute atomic E-state index is 10.00.